The van der Waals surface area contributed by atoms with Gasteiger partial charge in [0.25, 0.3) is 0 Å². The molecule has 2 aromatic carbocycles. The average Bonchev–Trinajstić information content (AvgIpc) is 3.00. The van der Waals surface area contributed by atoms with Gasteiger partial charge < -0.3 is 9.26 Å². The van der Waals surface area contributed by atoms with Crippen molar-refractivity contribution < 1.29 is 14.1 Å². The number of ether oxygens (including phenoxy) is 1. The summed E-state index contributed by atoms with van der Waals surface area (Å²) in [5.41, 5.74) is 0.535. The first-order chi connectivity index (χ1) is 10.3. The van der Waals surface area contributed by atoms with Crippen LogP contribution in [0.3, 0.4) is 0 Å². The first-order valence-electron chi connectivity index (χ1n) is 6.73. The van der Waals surface area contributed by atoms with Crippen molar-refractivity contribution in [3.05, 3.63) is 53.7 Å². The summed E-state index contributed by atoms with van der Waals surface area (Å²) in [5.74, 6) is 1.56. The third-order valence-electron chi connectivity index (χ3n) is 3.22. The zero-order valence-corrected chi connectivity index (χ0v) is 11.6. The Bertz CT molecular complexity index is 780. The molecule has 5 heteroatoms. The van der Waals surface area contributed by atoms with Crippen LogP contribution in [0, 0.1) is 0 Å². The molecule has 0 radical (unpaired) electrons. The summed E-state index contributed by atoms with van der Waals surface area (Å²) < 4.78 is 10.7. The molecular weight excluding hydrogens is 268 g/mol. The Balaban J connectivity index is 1.88. The van der Waals surface area contributed by atoms with Gasteiger partial charge in [0.05, 0.1) is 5.56 Å². The van der Waals surface area contributed by atoms with Gasteiger partial charge in [-0.05, 0) is 16.8 Å². The molecule has 0 aliphatic rings. The third-order valence-corrected chi connectivity index (χ3v) is 3.22. The number of aromatic nitrogens is 2. The Morgan fingerprint density at radius 3 is 2.86 bits per heavy atom. The smallest absolute Gasteiger partial charge is 0.226 e. The second-order valence-corrected chi connectivity index (χ2v) is 4.56. The Hall–Kier alpha value is -2.69. The topological polar surface area (TPSA) is 65.2 Å². The van der Waals surface area contributed by atoms with Gasteiger partial charge in [0.1, 0.15) is 5.75 Å². The van der Waals surface area contributed by atoms with E-state index in [1.54, 1.807) is 6.07 Å². The van der Waals surface area contributed by atoms with Gasteiger partial charge in [-0.15, -0.1) is 0 Å². The van der Waals surface area contributed by atoms with Crippen LogP contribution in [0.2, 0.25) is 0 Å². The fourth-order valence-electron chi connectivity index (χ4n) is 2.16. The standard InChI is InChI=1S/C16H14N2O3/c1-2-16-17-15(18-21-16)10-20-14-8-7-11-5-3-4-6-12(11)13(14)9-19/h3-9H,2,10H2,1H3. The zero-order valence-electron chi connectivity index (χ0n) is 11.6. The first-order valence-corrected chi connectivity index (χ1v) is 6.73. The van der Waals surface area contributed by atoms with Crippen molar-refractivity contribution in [2.24, 2.45) is 0 Å². The van der Waals surface area contributed by atoms with Crippen molar-refractivity contribution in [1.29, 1.82) is 0 Å². The molecule has 0 aliphatic heterocycles. The lowest BCUT2D eigenvalue weighted by Gasteiger charge is -2.09. The van der Waals surface area contributed by atoms with Crippen LogP contribution in [-0.2, 0) is 13.0 Å². The fourth-order valence-corrected chi connectivity index (χ4v) is 2.16. The molecule has 0 N–H and O–H groups in total. The molecular formula is C16H14N2O3. The number of carbonyl (C=O) groups is 1. The number of fused-ring (bicyclic) bond motifs is 1. The molecule has 0 aliphatic carbocycles. The molecule has 3 rings (SSSR count). The highest BCUT2D eigenvalue weighted by Gasteiger charge is 2.10. The average molecular weight is 282 g/mol. The molecule has 0 saturated heterocycles. The van der Waals surface area contributed by atoms with Crippen LogP contribution in [0.1, 0.15) is 29.0 Å². The van der Waals surface area contributed by atoms with Crippen LogP contribution in [0.5, 0.6) is 5.75 Å². The van der Waals surface area contributed by atoms with Gasteiger partial charge in [-0.1, -0.05) is 42.4 Å². The molecule has 5 nitrogen and oxygen atoms in total. The number of hydrogen-bond donors (Lipinski definition) is 0. The Kier molecular flexibility index (Phi) is 3.64. The molecule has 0 amide bonds. The lowest BCUT2D eigenvalue weighted by atomic mass is 10.0. The van der Waals surface area contributed by atoms with Gasteiger partial charge in [0.2, 0.25) is 11.7 Å². The van der Waals surface area contributed by atoms with Gasteiger partial charge in [-0.2, -0.15) is 4.98 Å². The van der Waals surface area contributed by atoms with Gasteiger partial charge in [-0.25, -0.2) is 0 Å². The van der Waals surface area contributed by atoms with Crippen LogP contribution < -0.4 is 4.74 Å². The third kappa shape index (κ3) is 2.63. The zero-order chi connectivity index (χ0) is 14.7. The lowest BCUT2D eigenvalue weighted by Crippen LogP contribution is -2.00. The van der Waals surface area contributed by atoms with E-state index < -0.39 is 0 Å². The largest absolute Gasteiger partial charge is 0.485 e. The fraction of sp³-hybridized carbons (Fsp3) is 0.188. The number of hydrogen-bond acceptors (Lipinski definition) is 5. The summed E-state index contributed by atoms with van der Waals surface area (Å²) in [4.78, 5) is 15.5. The van der Waals surface area contributed by atoms with Crippen molar-refractivity contribution in [2.45, 2.75) is 20.0 Å². The van der Waals surface area contributed by atoms with E-state index >= 15 is 0 Å². The van der Waals surface area contributed by atoms with Crippen LogP contribution in [-0.4, -0.2) is 16.4 Å². The SMILES string of the molecule is CCc1nc(COc2ccc3ccccc3c2C=O)no1. The van der Waals surface area contributed by atoms with E-state index in [0.29, 0.717) is 29.4 Å². The van der Waals surface area contributed by atoms with E-state index in [1.807, 2.05) is 37.3 Å². The highest BCUT2D eigenvalue weighted by atomic mass is 16.5. The maximum Gasteiger partial charge on any atom is 0.226 e. The highest BCUT2D eigenvalue weighted by Crippen LogP contribution is 2.27. The molecule has 0 unspecified atom stereocenters. The summed E-state index contributed by atoms with van der Waals surface area (Å²) in [7, 11) is 0. The van der Waals surface area contributed by atoms with E-state index in [0.717, 1.165) is 17.1 Å². The normalized spacial score (nSPS) is 10.7. The Morgan fingerprint density at radius 1 is 1.24 bits per heavy atom. The second kappa shape index (κ2) is 5.75. The summed E-state index contributed by atoms with van der Waals surface area (Å²) in [6.07, 6.45) is 1.49. The molecule has 1 heterocycles. The summed E-state index contributed by atoms with van der Waals surface area (Å²) >= 11 is 0. The van der Waals surface area contributed by atoms with E-state index in [9.17, 15) is 4.79 Å². The summed E-state index contributed by atoms with van der Waals surface area (Å²) in [6, 6.07) is 11.4. The van der Waals surface area contributed by atoms with Gasteiger partial charge in [0.15, 0.2) is 12.9 Å². The van der Waals surface area contributed by atoms with Gasteiger partial charge >= 0.3 is 0 Å². The van der Waals surface area contributed by atoms with Crippen molar-refractivity contribution in [1.82, 2.24) is 10.1 Å². The number of rotatable bonds is 5. The summed E-state index contributed by atoms with van der Waals surface area (Å²) in [5, 5.41) is 5.69. The Morgan fingerprint density at radius 2 is 2.10 bits per heavy atom. The van der Waals surface area contributed by atoms with E-state index in [-0.39, 0.29) is 6.61 Å². The van der Waals surface area contributed by atoms with E-state index in [4.69, 9.17) is 9.26 Å². The van der Waals surface area contributed by atoms with Gasteiger partial charge in [-0.3, -0.25) is 4.79 Å². The number of benzene rings is 2. The Labute approximate surface area is 121 Å². The number of aryl methyl sites for hydroxylation is 1. The predicted octanol–water partition coefficient (Wildman–Crippen LogP) is 3.18. The van der Waals surface area contributed by atoms with Crippen LogP contribution >= 0.6 is 0 Å². The van der Waals surface area contributed by atoms with Crippen LogP contribution in [0.15, 0.2) is 40.9 Å². The van der Waals surface area contributed by atoms with E-state index in [2.05, 4.69) is 10.1 Å². The van der Waals surface area contributed by atoms with Crippen molar-refractivity contribution in [2.75, 3.05) is 0 Å². The first kappa shape index (κ1) is 13.3. The molecule has 1 aromatic heterocycles. The number of aldehydes is 1. The maximum absolute atomic E-state index is 11.4. The van der Waals surface area contributed by atoms with Crippen LogP contribution in [0.4, 0.5) is 0 Å². The van der Waals surface area contributed by atoms with Crippen molar-refractivity contribution in [3.63, 3.8) is 0 Å². The molecule has 0 atom stereocenters. The summed E-state index contributed by atoms with van der Waals surface area (Å²) in [6.45, 7) is 2.11. The number of nitrogens with zero attached hydrogens (tertiary/aromatic N) is 2. The molecule has 106 valence electrons. The maximum atomic E-state index is 11.4. The monoisotopic (exact) mass is 282 g/mol. The van der Waals surface area contributed by atoms with Crippen LogP contribution in [0.25, 0.3) is 10.8 Å². The quantitative estimate of drug-likeness (QED) is 0.672. The van der Waals surface area contributed by atoms with Crippen molar-refractivity contribution >= 4 is 17.1 Å². The minimum Gasteiger partial charge on any atom is -0.485 e. The molecule has 21 heavy (non-hydrogen) atoms. The van der Waals surface area contributed by atoms with Crippen molar-refractivity contribution in [3.8, 4) is 5.75 Å². The minimum absolute atomic E-state index is 0.169. The molecule has 0 saturated carbocycles. The highest BCUT2D eigenvalue weighted by molar-refractivity contribution is 6.00. The predicted molar refractivity (Wildman–Crippen MR) is 77.3 cm³/mol. The molecule has 0 spiro atoms. The lowest BCUT2D eigenvalue weighted by molar-refractivity contribution is 0.112. The molecule has 3 aromatic rings. The van der Waals surface area contributed by atoms with E-state index in [1.165, 1.54) is 0 Å². The second-order valence-electron chi connectivity index (χ2n) is 4.56. The molecule has 0 fully saturated rings. The number of carbonyl (C=O) groups excluding carboxylic acids is 1. The minimum atomic E-state index is 0.169. The van der Waals surface area contributed by atoms with Gasteiger partial charge in [0, 0.05) is 6.42 Å². The molecule has 0 bridgehead atoms.